The highest BCUT2D eigenvalue weighted by Gasteiger charge is 2.31. The molecule has 0 aliphatic carbocycles. The van der Waals surface area contributed by atoms with E-state index in [9.17, 15) is 14.4 Å². The number of amides is 2. The van der Waals surface area contributed by atoms with Crippen LogP contribution in [0.5, 0.6) is 5.75 Å². The number of ether oxygens (including phenoxy) is 1. The Kier molecular flexibility index (Phi) is 6.01. The smallest absolute Gasteiger partial charge is 0.295 e. The van der Waals surface area contributed by atoms with E-state index in [1.807, 2.05) is 42.5 Å². The number of methoxy groups -OCH3 is 1. The summed E-state index contributed by atoms with van der Waals surface area (Å²) in [4.78, 5) is 49.9. The lowest BCUT2D eigenvalue weighted by atomic mass is 10.0. The maximum Gasteiger partial charge on any atom is 0.295 e. The number of H-pyrrole nitrogens is 1. The van der Waals surface area contributed by atoms with Crippen molar-refractivity contribution in [1.29, 1.82) is 0 Å². The molecule has 35 heavy (non-hydrogen) atoms. The van der Waals surface area contributed by atoms with Crippen molar-refractivity contribution in [3.8, 4) is 17.0 Å². The van der Waals surface area contributed by atoms with Crippen molar-refractivity contribution in [2.45, 2.75) is 0 Å². The summed E-state index contributed by atoms with van der Waals surface area (Å²) in [6.45, 7) is 1.32. The standard InChI is InChI=1S/C27H24N4O4/c1-35-22-11-10-19(21-9-5-6-12-28-21)24-23(22)20(17-29-24)25(32)27(34)31-15-13-30(14-16-31)26(33)18-7-3-2-4-8-18/h2-12,17,29H,13-16H2,1H3. The molecule has 4 aromatic rings. The first-order valence-corrected chi connectivity index (χ1v) is 11.4. The Morgan fingerprint density at radius 2 is 1.60 bits per heavy atom. The molecule has 0 bridgehead atoms. The zero-order valence-electron chi connectivity index (χ0n) is 19.2. The molecule has 2 aromatic heterocycles. The molecule has 1 N–H and O–H groups in total. The molecule has 5 rings (SSSR count). The Balaban J connectivity index is 1.37. The fourth-order valence-electron chi connectivity index (χ4n) is 4.44. The number of nitrogens with zero attached hydrogens (tertiary/aromatic N) is 3. The van der Waals surface area contributed by atoms with Gasteiger partial charge in [-0.2, -0.15) is 0 Å². The number of hydrogen-bond donors (Lipinski definition) is 1. The fourth-order valence-corrected chi connectivity index (χ4v) is 4.44. The zero-order chi connectivity index (χ0) is 24.4. The van der Waals surface area contributed by atoms with Crippen LogP contribution in [-0.4, -0.2) is 70.7 Å². The Morgan fingerprint density at radius 3 is 2.29 bits per heavy atom. The lowest BCUT2D eigenvalue weighted by Crippen LogP contribution is -2.52. The van der Waals surface area contributed by atoms with Crippen molar-refractivity contribution in [3.63, 3.8) is 0 Å². The molecule has 176 valence electrons. The Hall–Kier alpha value is -4.46. The van der Waals surface area contributed by atoms with Gasteiger partial charge in [0.1, 0.15) is 5.75 Å². The van der Waals surface area contributed by atoms with Crippen LogP contribution in [0.1, 0.15) is 20.7 Å². The monoisotopic (exact) mass is 468 g/mol. The number of hydrogen-bond acceptors (Lipinski definition) is 5. The molecule has 1 aliphatic heterocycles. The largest absolute Gasteiger partial charge is 0.496 e. The van der Waals surface area contributed by atoms with Crippen molar-refractivity contribution < 1.29 is 19.1 Å². The van der Waals surface area contributed by atoms with Crippen molar-refractivity contribution in [3.05, 3.63) is 84.2 Å². The number of Topliss-reactive ketones (excluding diaryl/α,β-unsaturated/α-hetero) is 1. The van der Waals surface area contributed by atoms with Gasteiger partial charge < -0.3 is 19.5 Å². The number of ketones is 1. The lowest BCUT2D eigenvalue weighted by Gasteiger charge is -2.34. The molecule has 0 unspecified atom stereocenters. The molecule has 1 fully saturated rings. The van der Waals surface area contributed by atoms with E-state index >= 15 is 0 Å². The molecule has 1 saturated heterocycles. The summed E-state index contributed by atoms with van der Waals surface area (Å²) in [7, 11) is 1.53. The molecule has 8 heteroatoms. The van der Waals surface area contributed by atoms with Crippen LogP contribution in [0.15, 0.2) is 73.1 Å². The van der Waals surface area contributed by atoms with E-state index in [1.165, 1.54) is 12.0 Å². The number of piperazine rings is 1. The number of aromatic nitrogens is 2. The normalized spacial score (nSPS) is 13.6. The molecule has 0 spiro atoms. The predicted octanol–water partition coefficient (Wildman–Crippen LogP) is 3.41. The van der Waals surface area contributed by atoms with Crippen LogP contribution in [-0.2, 0) is 4.79 Å². The maximum absolute atomic E-state index is 13.3. The van der Waals surface area contributed by atoms with Crippen LogP contribution >= 0.6 is 0 Å². The van der Waals surface area contributed by atoms with Gasteiger partial charge in [0.15, 0.2) is 0 Å². The summed E-state index contributed by atoms with van der Waals surface area (Å²) in [5.74, 6) is -0.790. The highest BCUT2D eigenvalue weighted by molar-refractivity contribution is 6.45. The zero-order valence-corrected chi connectivity index (χ0v) is 19.2. The van der Waals surface area contributed by atoms with Gasteiger partial charge in [-0.05, 0) is 36.4 Å². The maximum atomic E-state index is 13.3. The third-order valence-corrected chi connectivity index (χ3v) is 6.27. The molecule has 3 heterocycles. The van der Waals surface area contributed by atoms with Gasteiger partial charge in [0.2, 0.25) is 0 Å². The van der Waals surface area contributed by atoms with Crippen LogP contribution < -0.4 is 4.74 Å². The van der Waals surface area contributed by atoms with E-state index in [1.54, 1.807) is 35.5 Å². The summed E-state index contributed by atoms with van der Waals surface area (Å²) >= 11 is 0. The molecule has 0 saturated carbocycles. The van der Waals surface area contributed by atoms with Crippen molar-refractivity contribution in [2.75, 3.05) is 33.3 Å². The average molecular weight is 469 g/mol. The molecule has 2 amide bonds. The first-order chi connectivity index (χ1) is 17.1. The van der Waals surface area contributed by atoms with Crippen LogP contribution in [0.3, 0.4) is 0 Å². The van der Waals surface area contributed by atoms with Crippen molar-refractivity contribution in [1.82, 2.24) is 19.8 Å². The minimum absolute atomic E-state index is 0.0764. The molecule has 8 nitrogen and oxygen atoms in total. The molecular formula is C27H24N4O4. The minimum Gasteiger partial charge on any atom is -0.496 e. The Labute approximate surface area is 202 Å². The second-order valence-corrected chi connectivity index (χ2v) is 8.26. The SMILES string of the molecule is COc1ccc(-c2ccccn2)c2[nH]cc(C(=O)C(=O)N3CCN(C(=O)c4ccccc4)CC3)c12. The van der Waals surface area contributed by atoms with E-state index in [0.29, 0.717) is 48.4 Å². The molecule has 1 aliphatic rings. The highest BCUT2D eigenvalue weighted by Crippen LogP contribution is 2.35. The summed E-state index contributed by atoms with van der Waals surface area (Å²) in [6, 6.07) is 18.3. The van der Waals surface area contributed by atoms with Crippen LogP contribution in [0.2, 0.25) is 0 Å². The van der Waals surface area contributed by atoms with Crippen LogP contribution in [0.25, 0.3) is 22.2 Å². The number of aromatic amines is 1. The number of nitrogens with one attached hydrogen (secondary N) is 1. The fraction of sp³-hybridized carbons (Fsp3) is 0.185. The van der Waals surface area contributed by atoms with Gasteiger partial charge in [-0.1, -0.05) is 24.3 Å². The predicted molar refractivity (Wildman–Crippen MR) is 131 cm³/mol. The van der Waals surface area contributed by atoms with E-state index in [-0.39, 0.29) is 11.5 Å². The number of carbonyl (C=O) groups is 3. The number of carbonyl (C=O) groups excluding carboxylic acids is 3. The molecular weight excluding hydrogens is 444 g/mol. The third-order valence-electron chi connectivity index (χ3n) is 6.27. The van der Waals surface area contributed by atoms with Gasteiger partial charge in [0, 0.05) is 49.7 Å². The average Bonchev–Trinajstić information content (AvgIpc) is 3.38. The lowest BCUT2D eigenvalue weighted by molar-refractivity contribution is -0.127. The van der Waals surface area contributed by atoms with Crippen molar-refractivity contribution >= 4 is 28.5 Å². The van der Waals surface area contributed by atoms with Gasteiger partial charge in [0.25, 0.3) is 17.6 Å². The molecule has 2 aromatic carbocycles. The highest BCUT2D eigenvalue weighted by atomic mass is 16.5. The number of benzene rings is 2. The van der Waals surface area contributed by atoms with E-state index in [2.05, 4.69) is 9.97 Å². The second-order valence-electron chi connectivity index (χ2n) is 8.26. The number of pyridine rings is 1. The molecule has 0 radical (unpaired) electrons. The molecule has 0 atom stereocenters. The van der Waals surface area contributed by atoms with Crippen molar-refractivity contribution in [2.24, 2.45) is 0 Å². The van der Waals surface area contributed by atoms with Crippen LogP contribution in [0.4, 0.5) is 0 Å². The first kappa shape index (κ1) is 22.3. The summed E-state index contributed by atoms with van der Waals surface area (Å²) in [6.07, 6.45) is 3.25. The quantitative estimate of drug-likeness (QED) is 0.358. The van der Waals surface area contributed by atoms with E-state index in [4.69, 9.17) is 4.74 Å². The van der Waals surface area contributed by atoms with Gasteiger partial charge in [-0.3, -0.25) is 19.4 Å². The summed E-state index contributed by atoms with van der Waals surface area (Å²) < 4.78 is 5.51. The number of fused-ring (bicyclic) bond motifs is 1. The van der Waals surface area contributed by atoms with Gasteiger partial charge in [-0.15, -0.1) is 0 Å². The Morgan fingerprint density at radius 1 is 0.886 bits per heavy atom. The van der Waals surface area contributed by atoms with E-state index in [0.717, 1.165) is 11.3 Å². The summed E-state index contributed by atoms with van der Waals surface area (Å²) in [5, 5.41) is 0.548. The third kappa shape index (κ3) is 4.14. The minimum atomic E-state index is -0.615. The summed E-state index contributed by atoms with van der Waals surface area (Å²) in [5.41, 5.74) is 3.09. The van der Waals surface area contributed by atoms with Gasteiger partial charge >= 0.3 is 0 Å². The number of rotatable bonds is 5. The first-order valence-electron chi connectivity index (χ1n) is 11.4. The van der Waals surface area contributed by atoms with E-state index < -0.39 is 11.7 Å². The van der Waals surface area contributed by atoms with Gasteiger partial charge in [-0.25, -0.2) is 0 Å². The van der Waals surface area contributed by atoms with Gasteiger partial charge in [0.05, 0.1) is 29.3 Å². The van der Waals surface area contributed by atoms with Crippen LogP contribution in [0, 0.1) is 0 Å². The topological polar surface area (TPSA) is 95.6 Å². The second kappa shape index (κ2) is 9.42. The Bertz CT molecular complexity index is 1390.